The smallest absolute Gasteiger partial charge is 0.320 e. The first-order valence-corrected chi connectivity index (χ1v) is 5.11. The van der Waals surface area contributed by atoms with Crippen LogP contribution in [0.2, 0.25) is 0 Å². The third kappa shape index (κ3) is 3.90. The molecule has 5 nitrogen and oxygen atoms in total. The second-order valence-electron chi connectivity index (χ2n) is 3.29. The normalized spacial score (nSPS) is 16.2. The van der Waals surface area contributed by atoms with Gasteiger partial charge in [-0.1, -0.05) is 0 Å². The molecular weight excluding hydrogens is 222 g/mol. The van der Waals surface area contributed by atoms with Crippen LogP contribution in [0.5, 0.6) is 0 Å². The number of nitrogens with zero attached hydrogens (tertiary/aromatic N) is 2. The summed E-state index contributed by atoms with van der Waals surface area (Å²) in [5.74, 6) is 0. The molecule has 94 valence electrons. The van der Waals surface area contributed by atoms with Crippen molar-refractivity contribution in [3.8, 4) is 0 Å². The summed E-state index contributed by atoms with van der Waals surface area (Å²) < 4.78 is 32.4. The number of alkyl halides is 2. The van der Waals surface area contributed by atoms with Crippen LogP contribution in [0.15, 0.2) is 0 Å². The molecular formula is C9H16F2N2O3. The molecule has 7 heteroatoms. The van der Waals surface area contributed by atoms with E-state index in [4.69, 9.17) is 0 Å². The SMILES string of the molecule is O=C1N(CCOCF)CCN1CCOCF. The average molecular weight is 238 g/mol. The van der Waals surface area contributed by atoms with Gasteiger partial charge in [-0.05, 0) is 0 Å². The highest BCUT2D eigenvalue weighted by atomic mass is 19.1. The summed E-state index contributed by atoms with van der Waals surface area (Å²) in [4.78, 5) is 14.8. The van der Waals surface area contributed by atoms with Gasteiger partial charge >= 0.3 is 6.03 Å². The van der Waals surface area contributed by atoms with Gasteiger partial charge in [0.2, 0.25) is 0 Å². The van der Waals surface area contributed by atoms with E-state index in [-0.39, 0.29) is 19.2 Å². The van der Waals surface area contributed by atoms with Crippen LogP contribution < -0.4 is 0 Å². The lowest BCUT2D eigenvalue weighted by Gasteiger charge is -2.17. The Morgan fingerprint density at radius 1 is 1.00 bits per heavy atom. The van der Waals surface area contributed by atoms with Gasteiger partial charge in [0.1, 0.15) is 0 Å². The molecule has 0 unspecified atom stereocenters. The fourth-order valence-electron chi connectivity index (χ4n) is 1.51. The van der Waals surface area contributed by atoms with Gasteiger partial charge < -0.3 is 19.3 Å². The van der Waals surface area contributed by atoms with Crippen molar-refractivity contribution in [1.82, 2.24) is 9.80 Å². The fourth-order valence-corrected chi connectivity index (χ4v) is 1.51. The van der Waals surface area contributed by atoms with E-state index in [1.54, 1.807) is 9.80 Å². The minimum absolute atomic E-state index is 0.134. The second kappa shape index (κ2) is 7.34. The van der Waals surface area contributed by atoms with Crippen LogP contribution in [0, 0.1) is 0 Å². The zero-order valence-corrected chi connectivity index (χ0v) is 9.03. The highest BCUT2D eigenvalue weighted by Gasteiger charge is 2.27. The van der Waals surface area contributed by atoms with Crippen LogP contribution in [0.4, 0.5) is 13.6 Å². The Kier molecular flexibility index (Phi) is 6.02. The summed E-state index contributed by atoms with van der Waals surface area (Å²) in [6.45, 7) is 0.640. The zero-order chi connectivity index (χ0) is 11.8. The Labute approximate surface area is 92.9 Å². The van der Waals surface area contributed by atoms with Crippen molar-refractivity contribution in [3.63, 3.8) is 0 Å². The van der Waals surface area contributed by atoms with Crippen molar-refractivity contribution in [2.45, 2.75) is 0 Å². The Balaban J connectivity index is 2.19. The molecule has 0 aromatic heterocycles. The molecule has 1 rings (SSSR count). The molecule has 0 aliphatic carbocycles. The van der Waals surface area contributed by atoms with E-state index in [9.17, 15) is 13.6 Å². The number of hydrogen-bond donors (Lipinski definition) is 0. The summed E-state index contributed by atoms with van der Waals surface area (Å²) in [6, 6.07) is -0.134. The number of rotatable bonds is 8. The zero-order valence-electron chi connectivity index (χ0n) is 9.03. The van der Waals surface area contributed by atoms with Gasteiger partial charge in [0, 0.05) is 26.2 Å². The number of urea groups is 1. The van der Waals surface area contributed by atoms with Crippen molar-refractivity contribution >= 4 is 6.03 Å². The molecule has 1 saturated heterocycles. The molecule has 0 spiro atoms. The number of carbonyl (C=O) groups excluding carboxylic acids is 1. The Morgan fingerprint density at radius 2 is 1.44 bits per heavy atom. The molecule has 1 aliphatic rings. The molecule has 0 saturated carbocycles. The topological polar surface area (TPSA) is 42.0 Å². The molecule has 0 radical (unpaired) electrons. The van der Waals surface area contributed by atoms with Crippen molar-refractivity contribution in [2.24, 2.45) is 0 Å². The first-order valence-electron chi connectivity index (χ1n) is 5.11. The predicted molar refractivity (Wildman–Crippen MR) is 52.4 cm³/mol. The molecule has 1 heterocycles. The third-order valence-corrected chi connectivity index (χ3v) is 2.35. The first-order chi connectivity index (χ1) is 7.79. The number of hydrogen-bond acceptors (Lipinski definition) is 3. The second-order valence-corrected chi connectivity index (χ2v) is 3.29. The van der Waals surface area contributed by atoms with E-state index in [2.05, 4.69) is 9.47 Å². The number of halogens is 2. The lowest BCUT2D eigenvalue weighted by Crippen LogP contribution is -2.35. The van der Waals surface area contributed by atoms with E-state index in [1.165, 1.54) is 0 Å². The molecule has 1 fully saturated rings. The lowest BCUT2D eigenvalue weighted by atomic mass is 10.5. The van der Waals surface area contributed by atoms with Gasteiger partial charge in [0.05, 0.1) is 13.2 Å². The summed E-state index contributed by atoms with van der Waals surface area (Å²) in [7, 11) is 0. The molecule has 0 atom stereocenters. The van der Waals surface area contributed by atoms with Gasteiger partial charge in [-0.3, -0.25) is 0 Å². The van der Waals surface area contributed by atoms with Crippen molar-refractivity contribution in [2.75, 3.05) is 53.1 Å². The first kappa shape index (κ1) is 13.1. The summed E-state index contributed by atoms with van der Waals surface area (Å²) in [6.07, 6.45) is 0. The van der Waals surface area contributed by atoms with Gasteiger partial charge in [0.15, 0.2) is 13.7 Å². The lowest BCUT2D eigenvalue weighted by molar-refractivity contribution is 0.0454. The summed E-state index contributed by atoms with van der Waals surface area (Å²) >= 11 is 0. The monoisotopic (exact) mass is 238 g/mol. The quantitative estimate of drug-likeness (QED) is 0.582. The van der Waals surface area contributed by atoms with Crippen LogP contribution in [0.3, 0.4) is 0 Å². The Bertz CT molecular complexity index is 199. The van der Waals surface area contributed by atoms with Gasteiger partial charge in [0.25, 0.3) is 0 Å². The Hall–Kier alpha value is -0.950. The van der Waals surface area contributed by atoms with Gasteiger partial charge in [-0.2, -0.15) is 0 Å². The molecule has 16 heavy (non-hydrogen) atoms. The molecule has 0 bridgehead atoms. The molecule has 2 amide bonds. The van der Waals surface area contributed by atoms with Gasteiger partial charge in [-0.15, -0.1) is 0 Å². The highest BCUT2D eigenvalue weighted by Crippen LogP contribution is 2.07. The van der Waals surface area contributed by atoms with E-state index in [0.29, 0.717) is 26.2 Å². The van der Waals surface area contributed by atoms with Crippen molar-refractivity contribution in [1.29, 1.82) is 0 Å². The average Bonchev–Trinajstić information content (AvgIpc) is 2.62. The maximum absolute atomic E-state index is 11.7. The van der Waals surface area contributed by atoms with E-state index in [1.807, 2.05) is 0 Å². The minimum Gasteiger partial charge on any atom is -0.349 e. The molecule has 0 N–H and O–H groups in total. The third-order valence-electron chi connectivity index (χ3n) is 2.35. The van der Waals surface area contributed by atoms with E-state index >= 15 is 0 Å². The van der Waals surface area contributed by atoms with Crippen LogP contribution >= 0.6 is 0 Å². The summed E-state index contributed by atoms with van der Waals surface area (Å²) in [5.41, 5.74) is 0. The van der Waals surface area contributed by atoms with Crippen molar-refractivity contribution < 1.29 is 23.0 Å². The van der Waals surface area contributed by atoms with E-state index in [0.717, 1.165) is 0 Å². The molecule has 0 aromatic rings. The van der Waals surface area contributed by atoms with Gasteiger partial charge in [-0.25, -0.2) is 13.6 Å². The Morgan fingerprint density at radius 3 is 1.81 bits per heavy atom. The maximum atomic E-state index is 11.7. The molecule has 0 aromatic carbocycles. The van der Waals surface area contributed by atoms with Crippen LogP contribution in [0.1, 0.15) is 0 Å². The van der Waals surface area contributed by atoms with Crippen LogP contribution in [0.25, 0.3) is 0 Å². The maximum Gasteiger partial charge on any atom is 0.320 e. The molecule has 1 aliphatic heterocycles. The highest BCUT2D eigenvalue weighted by molar-refractivity contribution is 5.76. The van der Waals surface area contributed by atoms with Crippen LogP contribution in [-0.4, -0.2) is 68.9 Å². The number of carbonyl (C=O) groups is 1. The summed E-state index contributed by atoms with van der Waals surface area (Å²) in [5, 5.41) is 0. The standard InChI is InChI=1S/C9H16F2N2O3/c10-7-15-5-3-12-1-2-13(9(12)14)4-6-16-8-11/h1-8H2. The fraction of sp³-hybridized carbons (Fsp3) is 0.889. The number of amides is 2. The largest absolute Gasteiger partial charge is 0.349 e. The number of ether oxygens (including phenoxy) is 2. The predicted octanol–water partition coefficient (Wildman–Crippen LogP) is 0.611. The van der Waals surface area contributed by atoms with Crippen molar-refractivity contribution in [3.05, 3.63) is 0 Å². The minimum atomic E-state index is -0.837. The van der Waals surface area contributed by atoms with E-state index < -0.39 is 13.7 Å². The van der Waals surface area contributed by atoms with Crippen LogP contribution in [-0.2, 0) is 9.47 Å².